The lowest BCUT2D eigenvalue weighted by Gasteiger charge is -2.12. The van der Waals surface area contributed by atoms with Gasteiger partial charge in [0.15, 0.2) is 5.78 Å². The van der Waals surface area contributed by atoms with E-state index in [1.807, 2.05) is 6.92 Å². The molecule has 0 unspecified atom stereocenters. The predicted molar refractivity (Wildman–Crippen MR) is 96.6 cm³/mol. The van der Waals surface area contributed by atoms with Crippen LogP contribution in [0.15, 0.2) is 54.6 Å². The van der Waals surface area contributed by atoms with Crippen LogP contribution in [0.4, 0.5) is 4.39 Å². The lowest BCUT2D eigenvalue weighted by atomic mass is 10.1. The summed E-state index contributed by atoms with van der Waals surface area (Å²) in [7, 11) is 1.56. The number of benzene rings is 2. The molecule has 26 heavy (non-hydrogen) atoms. The van der Waals surface area contributed by atoms with Crippen LogP contribution in [-0.4, -0.2) is 17.5 Å². The van der Waals surface area contributed by atoms with Gasteiger partial charge in [-0.2, -0.15) is 5.26 Å². The third-order valence-corrected chi connectivity index (χ3v) is 4.24. The molecule has 5 heteroatoms. The Morgan fingerprint density at radius 1 is 1.19 bits per heavy atom. The molecule has 4 nitrogen and oxygen atoms in total. The maximum Gasteiger partial charge on any atom is 0.182 e. The monoisotopic (exact) mass is 348 g/mol. The van der Waals surface area contributed by atoms with Gasteiger partial charge < -0.3 is 9.30 Å². The van der Waals surface area contributed by atoms with E-state index in [2.05, 4.69) is 6.07 Å². The number of ether oxygens (including phenoxy) is 1. The Labute approximate surface area is 151 Å². The summed E-state index contributed by atoms with van der Waals surface area (Å²) in [6.07, 6.45) is 0. The summed E-state index contributed by atoms with van der Waals surface area (Å²) in [6, 6.07) is 16.7. The Balaban J connectivity index is 2.00. The number of aromatic nitrogens is 1. The number of ketones is 1. The van der Waals surface area contributed by atoms with Gasteiger partial charge >= 0.3 is 0 Å². The topological polar surface area (TPSA) is 55.0 Å². The zero-order chi connectivity index (χ0) is 18.7. The van der Waals surface area contributed by atoms with Crippen LogP contribution in [-0.2, 0) is 6.54 Å². The average Bonchev–Trinajstić information content (AvgIpc) is 2.97. The fourth-order valence-corrected chi connectivity index (χ4v) is 2.92. The van der Waals surface area contributed by atoms with E-state index in [1.54, 1.807) is 54.1 Å². The van der Waals surface area contributed by atoms with E-state index in [0.29, 0.717) is 28.1 Å². The van der Waals surface area contributed by atoms with E-state index in [4.69, 9.17) is 4.74 Å². The molecule has 0 aliphatic heterocycles. The molecule has 130 valence electrons. The number of halogens is 1. The van der Waals surface area contributed by atoms with Gasteiger partial charge in [-0.3, -0.25) is 4.79 Å². The first-order valence-electron chi connectivity index (χ1n) is 8.07. The fraction of sp³-hybridized carbons (Fsp3) is 0.143. The molecule has 0 atom stereocenters. The van der Waals surface area contributed by atoms with Gasteiger partial charge in [0.05, 0.1) is 24.9 Å². The second-order valence-corrected chi connectivity index (χ2v) is 5.91. The lowest BCUT2D eigenvalue weighted by molar-refractivity contribution is 0.0972. The van der Waals surface area contributed by atoms with Gasteiger partial charge in [-0.05, 0) is 49.4 Å². The fourth-order valence-electron chi connectivity index (χ4n) is 2.92. The summed E-state index contributed by atoms with van der Waals surface area (Å²) in [6.45, 7) is 1.89. The van der Waals surface area contributed by atoms with Crippen molar-refractivity contribution in [3.63, 3.8) is 0 Å². The van der Waals surface area contributed by atoms with Crippen LogP contribution in [0.25, 0.3) is 11.3 Å². The van der Waals surface area contributed by atoms with Crippen molar-refractivity contribution in [1.82, 2.24) is 4.57 Å². The van der Waals surface area contributed by atoms with E-state index in [9.17, 15) is 14.4 Å². The summed E-state index contributed by atoms with van der Waals surface area (Å²) in [4.78, 5) is 12.7. The van der Waals surface area contributed by atoms with Crippen molar-refractivity contribution in [2.75, 3.05) is 7.11 Å². The second kappa shape index (κ2) is 7.24. The summed E-state index contributed by atoms with van der Waals surface area (Å²) in [5.41, 5.74) is 2.84. The first-order chi connectivity index (χ1) is 12.5. The molecule has 1 heterocycles. The highest BCUT2D eigenvalue weighted by atomic mass is 19.1. The van der Waals surface area contributed by atoms with Gasteiger partial charge in [0, 0.05) is 16.8 Å². The molecule has 0 spiro atoms. The molecule has 0 saturated heterocycles. The van der Waals surface area contributed by atoms with Crippen molar-refractivity contribution in [3.05, 3.63) is 77.2 Å². The van der Waals surface area contributed by atoms with Gasteiger partial charge in [0.25, 0.3) is 0 Å². The van der Waals surface area contributed by atoms with E-state index >= 15 is 0 Å². The van der Waals surface area contributed by atoms with Crippen molar-refractivity contribution >= 4 is 5.78 Å². The molecule has 0 saturated carbocycles. The van der Waals surface area contributed by atoms with Crippen LogP contribution in [0.5, 0.6) is 5.75 Å². The molecule has 3 aromatic rings. The second-order valence-electron chi connectivity index (χ2n) is 5.91. The molecule has 2 aromatic carbocycles. The molecule has 0 radical (unpaired) electrons. The molecule has 0 N–H and O–H groups in total. The van der Waals surface area contributed by atoms with Crippen molar-refractivity contribution in [2.24, 2.45) is 0 Å². The van der Waals surface area contributed by atoms with E-state index < -0.39 is 5.82 Å². The minimum Gasteiger partial charge on any atom is -0.497 e. The van der Waals surface area contributed by atoms with E-state index in [1.165, 1.54) is 12.1 Å². The number of aryl methyl sites for hydroxylation is 1. The van der Waals surface area contributed by atoms with E-state index in [0.717, 1.165) is 5.69 Å². The average molecular weight is 348 g/mol. The maximum atomic E-state index is 13.7. The zero-order valence-electron chi connectivity index (χ0n) is 14.5. The molecular formula is C21H17FN2O2. The Kier molecular flexibility index (Phi) is 4.85. The largest absolute Gasteiger partial charge is 0.497 e. The van der Waals surface area contributed by atoms with Crippen LogP contribution >= 0.6 is 0 Å². The summed E-state index contributed by atoms with van der Waals surface area (Å²) >= 11 is 0. The molecule has 0 aliphatic rings. The SMILES string of the molecule is COc1ccc(C(=O)Cn2c(C)cc(C#N)c2-c2cccc(F)c2)cc1. The van der Waals surface area contributed by atoms with Gasteiger partial charge in [0.1, 0.15) is 17.6 Å². The van der Waals surface area contributed by atoms with Crippen LogP contribution in [0.3, 0.4) is 0 Å². The minimum absolute atomic E-state index is 0.0612. The first kappa shape index (κ1) is 17.4. The quantitative estimate of drug-likeness (QED) is 0.644. The third-order valence-electron chi connectivity index (χ3n) is 4.24. The van der Waals surface area contributed by atoms with Crippen LogP contribution in [0.2, 0.25) is 0 Å². The minimum atomic E-state index is -0.390. The van der Waals surface area contributed by atoms with Gasteiger partial charge in [-0.15, -0.1) is 0 Å². The number of nitrogens with zero attached hydrogens (tertiary/aromatic N) is 2. The molecule has 0 bridgehead atoms. The molecule has 0 fully saturated rings. The number of rotatable bonds is 5. The normalized spacial score (nSPS) is 10.4. The number of carbonyl (C=O) groups excluding carboxylic acids is 1. The predicted octanol–water partition coefficient (Wildman–Crippen LogP) is 4.37. The van der Waals surface area contributed by atoms with Crippen LogP contribution in [0, 0.1) is 24.1 Å². The van der Waals surface area contributed by atoms with Gasteiger partial charge in [-0.25, -0.2) is 4.39 Å². The van der Waals surface area contributed by atoms with Crippen LogP contribution < -0.4 is 4.74 Å². The molecule has 0 amide bonds. The lowest BCUT2D eigenvalue weighted by Crippen LogP contribution is -2.13. The Bertz CT molecular complexity index is 998. The van der Waals surface area contributed by atoms with Crippen molar-refractivity contribution in [3.8, 4) is 23.1 Å². The standard InChI is InChI=1S/C21H17FN2O2/c1-14-10-17(12-23)21(16-4-3-5-18(22)11-16)24(14)13-20(25)15-6-8-19(26-2)9-7-15/h3-11H,13H2,1-2H3. The third kappa shape index (κ3) is 3.35. The smallest absolute Gasteiger partial charge is 0.182 e. The number of Topliss-reactive ketones (excluding diaryl/α,β-unsaturated/α-hetero) is 1. The molecular weight excluding hydrogens is 331 g/mol. The highest BCUT2D eigenvalue weighted by molar-refractivity contribution is 5.96. The highest BCUT2D eigenvalue weighted by Gasteiger charge is 2.18. The van der Waals surface area contributed by atoms with Crippen molar-refractivity contribution < 1.29 is 13.9 Å². The molecule has 0 aliphatic carbocycles. The van der Waals surface area contributed by atoms with Crippen molar-refractivity contribution in [2.45, 2.75) is 13.5 Å². The zero-order valence-corrected chi connectivity index (χ0v) is 14.5. The summed E-state index contributed by atoms with van der Waals surface area (Å²) < 4.78 is 20.5. The van der Waals surface area contributed by atoms with Gasteiger partial charge in [0.2, 0.25) is 0 Å². The van der Waals surface area contributed by atoms with E-state index in [-0.39, 0.29) is 12.3 Å². The Morgan fingerprint density at radius 3 is 2.54 bits per heavy atom. The van der Waals surface area contributed by atoms with Crippen LogP contribution in [0.1, 0.15) is 21.6 Å². The maximum absolute atomic E-state index is 13.7. The Hall–Kier alpha value is -3.39. The van der Waals surface area contributed by atoms with Crippen molar-refractivity contribution in [1.29, 1.82) is 5.26 Å². The highest BCUT2D eigenvalue weighted by Crippen LogP contribution is 2.28. The number of carbonyl (C=O) groups is 1. The molecule has 1 aromatic heterocycles. The Morgan fingerprint density at radius 2 is 1.92 bits per heavy atom. The molecule has 3 rings (SSSR count). The summed E-state index contributed by atoms with van der Waals surface area (Å²) in [5.74, 6) is 0.178. The first-order valence-corrected chi connectivity index (χ1v) is 8.07. The summed E-state index contributed by atoms with van der Waals surface area (Å²) in [5, 5.41) is 9.44. The van der Waals surface area contributed by atoms with Gasteiger partial charge in [-0.1, -0.05) is 12.1 Å². The number of hydrogen-bond acceptors (Lipinski definition) is 3. The number of nitriles is 1. The number of hydrogen-bond donors (Lipinski definition) is 0. The number of methoxy groups -OCH3 is 1.